The summed E-state index contributed by atoms with van der Waals surface area (Å²) in [6, 6.07) is 14.9. The molecule has 6 heteroatoms. The number of nitrogens with one attached hydrogen (secondary N) is 2. The molecule has 0 unspecified atom stereocenters. The predicted molar refractivity (Wildman–Crippen MR) is 104 cm³/mol. The zero-order valence-corrected chi connectivity index (χ0v) is 15.4. The summed E-state index contributed by atoms with van der Waals surface area (Å²) >= 11 is 0. The zero-order chi connectivity index (χ0) is 18.9. The summed E-state index contributed by atoms with van der Waals surface area (Å²) in [4.78, 5) is 25.4. The van der Waals surface area contributed by atoms with Crippen LogP contribution in [0.3, 0.4) is 0 Å². The van der Waals surface area contributed by atoms with Crippen LogP contribution in [0.4, 0.5) is 11.4 Å². The summed E-state index contributed by atoms with van der Waals surface area (Å²) in [6.45, 7) is 0.162. The number of carbonyl (C=O) groups is 2. The molecule has 0 aliphatic carbocycles. The van der Waals surface area contributed by atoms with E-state index in [1.165, 1.54) is 0 Å². The molecule has 0 spiro atoms. The van der Waals surface area contributed by atoms with Gasteiger partial charge in [-0.05, 0) is 48.4 Å². The number of ether oxygens (including phenoxy) is 1. The molecular weight excluding hydrogens is 330 g/mol. The molecule has 0 radical (unpaired) electrons. The SMILES string of the molecule is COc1ccc(NCC(=O)Nc2cccc(CCC(=O)N(C)C)c2)cc1. The van der Waals surface area contributed by atoms with Crippen LogP contribution in [0.25, 0.3) is 0 Å². The van der Waals surface area contributed by atoms with Crippen molar-refractivity contribution in [2.24, 2.45) is 0 Å². The maximum Gasteiger partial charge on any atom is 0.243 e. The van der Waals surface area contributed by atoms with E-state index in [4.69, 9.17) is 4.74 Å². The van der Waals surface area contributed by atoms with Gasteiger partial charge in [0.25, 0.3) is 0 Å². The number of carbonyl (C=O) groups excluding carboxylic acids is 2. The Morgan fingerprint density at radius 1 is 1.04 bits per heavy atom. The Kier molecular flexibility index (Phi) is 7.02. The van der Waals surface area contributed by atoms with Gasteiger partial charge in [-0.1, -0.05) is 12.1 Å². The van der Waals surface area contributed by atoms with Crippen LogP contribution in [0.2, 0.25) is 0 Å². The minimum absolute atomic E-state index is 0.0862. The monoisotopic (exact) mass is 355 g/mol. The molecule has 0 bridgehead atoms. The highest BCUT2D eigenvalue weighted by molar-refractivity contribution is 5.93. The van der Waals surface area contributed by atoms with Crippen molar-refractivity contribution in [2.75, 3.05) is 38.4 Å². The van der Waals surface area contributed by atoms with E-state index in [0.717, 1.165) is 22.7 Å². The Bertz CT molecular complexity index is 742. The molecule has 2 amide bonds. The lowest BCUT2D eigenvalue weighted by atomic mass is 10.1. The van der Waals surface area contributed by atoms with Crippen LogP contribution in [0.5, 0.6) is 5.75 Å². The number of anilines is 2. The van der Waals surface area contributed by atoms with Gasteiger partial charge in [0.05, 0.1) is 13.7 Å². The van der Waals surface area contributed by atoms with Crippen molar-refractivity contribution < 1.29 is 14.3 Å². The number of hydrogen-bond donors (Lipinski definition) is 2. The summed E-state index contributed by atoms with van der Waals surface area (Å²) in [5.41, 5.74) is 2.58. The minimum Gasteiger partial charge on any atom is -0.497 e. The van der Waals surface area contributed by atoms with E-state index in [1.54, 1.807) is 26.1 Å². The van der Waals surface area contributed by atoms with E-state index in [1.807, 2.05) is 48.5 Å². The van der Waals surface area contributed by atoms with Gasteiger partial charge in [0, 0.05) is 31.9 Å². The summed E-state index contributed by atoms with van der Waals surface area (Å²) in [5.74, 6) is 0.718. The molecule has 2 rings (SSSR count). The molecule has 0 fully saturated rings. The maximum atomic E-state index is 12.1. The van der Waals surface area contributed by atoms with Crippen LogP contribution >= 0.6 is 0 Å². The van der Waals surface area contributed by atoms with Gasteiger partial charge in [0.15, 0.2) is 0 Å². The van der Waals surface area contributed by atoms with Crippen molar-refractivity contribution in [1.82, 2.24) is 4.90 Å². The molecule has 0 heterocycles. The molecule has 0 aliphatic heterocycles. The van der Waals surface area contributed by atoms with Crippen LogP contribution < -0.4 is 15.4 Å². The molecule has 2 aromatic carbocycles. The highest BCUT2D eigenvalue weighted by atomic mass is 16.5. The van der Waals surface area contributed by atoms with E-state index < -0.39 is 0 Å². The third-order valence-electron chi connectivity index (χ3n) is 3.88. The smallest absolute Gasteiger partial charge is 0.243 e. The number of benzene rings is 2. The van der Waals surface area contributed by atoms with Gasteiger partial charge < -0.3 is 20.3 Å². The van der Waals surface area contributed by atoms with Crippen molar-refractivity contribution in [3.63, 3.8) is 0 Å². The van der Waals surface area contributed by atoms with E-state index in [9.17, 15) is 9.59 Å². The fourth-order valence-corrected chi connectivity index (χ4v) is 2.38. The molecule has 2 aromatic rings. The largest absolute Gasteiger partial charge is 0.497 e. The fraction of sp³-hybridized carbons (Fsp3) is 0.300. The lowest BCUT2D eigenvalue weighted by Crippen LogP contribution is -2.22. The molecule has 0 saturated heterocycles. The summed E-state index contributed by atoms with van der Waals surface area (Å²) in [5, 5.41) is 5.93. The molecule has 138 valence electrons. The Morgan fingerprint density at radius 2 is 1.77 bits per heavy atom. The summed E-state index contributed by atoms with van der Waals surface area (Å²) in [6.07, 6.45) is 1.09. The number of aryl methyl sites for hydroxylation is 1. The van der Waals surface area contributed by atoms with E-state index in [0.29, 0.717) is 12.8 Å². The van der Waals surface area contributed by atoms with Crippen molar-refractivity contribution >= 4 is 23.2 Å². The second-order valence-corrected chi connectivity index (χ2v) is 6.12. The first-order valence-corrected chi connectivity index (χ1v) is 8.45. The molecule has 0 aromatic heterocycles. The van der Waals surface area contributed by atoms with E-state index in [2.05, 4.69) is 10.6 Å². The van der Waals surface area contributed by atoms with Gasteiger partial charge in [-0.25, -0.2) is 0 Å². The highest BCUT2D eigenvalue weighted by Gasteiger charge is 2.06. The van der Waals surface area contributed by atoms with Crippen LogP contribution in [0, 0.1) is 0 Å². The van der Waals surface area contributed by atoms with Crippen LogP contribution in [-0.2, 0) is 16.0 Å². The van der Waals surface area contributed by atoms with Crippen LogP contribution in [0.15, 0.2) is 48.5 Å². The zero-order valence-electron chi connectivity index (χ0n) is 15.4. The lowest BCUT2D eigenvalue weighted by Gasteiger charge is -2.11. The van der Waals surface area contributed by atoms with Crippen molar-refractivity contribution in [1.29, 1.82) is 0 Å². The normalized spacial score (nSPS) is 10.1. The number of hydrogen-bond acceptors (Lipinski definition) is 4. The number of nitrogens with zero attached hydrogens (tertiary/aromatic N) is 1. The quantitative estimate of drug-likeness (QED) is 0.764. The molecule has 0 aliphatic rings. The Balaban J connectivity index is 1.84. The van der Waals surface area contributed by atoms with Gasteiger partial charge in [-0.2, -0.15) is 0 Å². The van der Waals surface area contributed by atoms with Crippen LogP contribution in [0.1, 0.15) is 12.0 Å². The summed E-state index contributed by atoms with van der Waals surface area (Å²) in [7, 11) is 5.10. The molecule has 26 heavy (non-hydrogen) atoms. The van der Waals surface area contributed by atoms with Crippen molar-refractivity contribution in [2.45, 2.75) is 12.8 Å². The predicted octanol–water partition coefficient (Wildman–Crippen LogP) is 2.77. The second-order valence-electron chi connectivity index (χ2n) is 6.12. The molecular formula is C20H25N3O3. The fourth-order valence-electron chi connectivity index (χ4n) is 2.38. The number of rotatable bonds is 8. The van der Waals surface area contributed by atoms with Gasteiger partial charge in [-0.15, -0.1) is 0 Å². The topological polar surface area (TPSA) is 70.7 Å². The minimum atomic E-state index is -0.137. The van der Waals surface area contributed by atoms with Gasteiger partial charge >= 0.3 is 0 Å². The van der Waals surface area contributed by atoms with Gasteiger partial charge in [-0.3, -0.25) is 9.59 Å². The number of methoxy groups -OCH3 is 1. The summed E-state index contributed by atoms with van der Waals surface area (Å²) < 4.78 is 5.10. The Labute approximate surface area is 154 Å². The Morgan fingerprint density at radius 3 is 2.42 bits per heavy atom. The molecule has 0 atom stereocenters. The third-order valence-corrected chi connectivity index (χ3v) is 3.88. The molecule has 6 nitrogen and oxygen atoms in total. The van der Waals surface area contributed by atoms with Crippen LogP contribution in [-0.4, -0.2) is 44.5 Å². The highest BCUT2D eigenvalue weighted by Crippen LogP contribution is 2.15. The van der Waals surface area contributed by atoms with E-state index in [-0.39, 0.29) is 18.4 Å². The molecule has 0 saturated carbocycles. The molecule has 2 N–H and O–H groups in total. The Hall–Kier alpha value is -3.02. The van der Waals surface area contributed by atoms with E-state index >= 15 is 0 Å². The average molecular weight is 355 g/mol. The van der Waals surface area contributed by atoms with Gasteiger partial charge in [0.1, 0.15) is 5.75 Å². The maximum absolute atomic E-state index is 12.1. The lowest BCUT2D eigenvalue weighted by molar-refractivity contribution is -0.128. The first-order chi connectivity index (χ1) is 12.5. The standard InChI is InChI=1S/C20H25N3O3/c1-23(2)20(25)12-7-15-5-4-6-17(13-15)22-19(24)14-21-16-8-10-18(26-3)11-9-16/h4-6,8-11,13,21H,7,12,14H2,1-3H3,(H,22,24). The van der Waals surface area contributed by atoms with Crippen molar-refractivity contribution in [3.8, 4) is 5.75 Å². The third kappa shape index (κ3) is 6.12. The second kappa shape index (κ2) is 9.46. The first-order valence-electron chi connectivity index (χ1n) is 8.45. The first kappa shape index (κ1) is 19.3. The average Bonchev–Trinajstić information content (AvgIpc) is 2.65. The van der Waals surface area contributed by atoms with Gasteiger partial charge in [0.2, 0.25) is 11.8 Å². The van der Waals surface area contributed by atoms with Crippen molar-refractivity contribution in [3.05, 3.63) is 54.1 Å². The number of amides is 2.